The monoisotopic (exact) mass is 315 g/mol. The molecule has 1 amide bonds. The van der Waals surface area contributed by atoms with Crippen molar-refractivity contribution in [3.63, 3.8) is 0 Å². The van der Waals surface area contributed by atoms with E-state index in [1.165, 1.54) is 12.4 Å². The first-order valence-corrected chi connectivity index (χ1v) is 7.90. The van der Waals surface area contributed by atoms with Crippen molar-refractivity contribution in [3.8, 4) is 0 Å². The lowest BCUT2D eigenvalue weighted by Crippen LogP contribution is -2.41. The Morgan fingerprint density at radius 2 is 1.91 bits per heavy atom. The van der Waals surface area contributed by atoms with Crippen LogP contribution in [-0.4, -0.2) is 52.2 Å². The summed E-state index contributed by atoms with van der Waals surface area (Å²) < 4.78 is 12.1. The van der Waals surface area contributed by atoms with Crippen LogP contribution < -0.4 is 0 Å². The number of amides is 1. The first-order chi connectivity index (χ1) is 10.8. The minimum atomic E-state index is -0.342. The van der Waals surface area contributed by atoms with E-state index in [0.717, 1.165) is 11.9 Å². The van der Waals surface area contributed by atoms with Crippen LogP contribution in [0.15, 0.2) is 30.1 Å². The van der Waals surface area contributed by atoms with E-state index in [1.807, 2.05) is 33.8 Å². The molecule has 2 aliphatic heterocycles. The highest BCUT2D eigenvalue weighted by Gasteiger charge is 2.52. The molecule has 0 aliphatic carbocycles. The molecule has 1 fully saturated rings. The van der Waals surface area contributed by atoms with Gasteiger partial charge >= 0.3 is 7.12 Å². The van der Waals surface area contributed by atoms with Gasteiger partial charge in [-0.2, -0.15) is 0 Å². The molecule has 1 aromatic heterocycles. The molecule has 7 heteroatoms. The van der Waals surface area contributed by atoms with Gasteiger partial charge in [0.15, 0.2) is 0 Å². The highest BCUT2D eigenvalue weighted by atomic mass is 16.7. The lowest BCUT2D eigenvalue weighted by atomic mass is 9.74. The van der Waals surface area contributed by atoms with E-state index >= 15 is 0 Å². The Labute approximate surface area is 137 Å². The van der Waals surface area contributed by atoms with Gasteiger partial charge in [0.05, 0.1) is 17.4 Å². The predicted molar refractivity (Wildman–Crippen MR) is 86.7 cm³/mol. The van der Waals surface area contributed by atoms with Crippen LogP contribution in [-0.2, 0) is 9.31 Å². The smallest absolute Gasteiger partial charge is 0.400 e. The molecule has 122 valence electrons. The highest BCUT2D eigenvalue weighted by molar-refractivity contribution is 6.54. The van der Waals surface area contributed by atoms with Crippen molar-refractivity contribution >= 4 is 13.0 Å². The van der Waals surface area contributed by atoms with E-state index in [2.05, 4.69) is 9.97 Å². The van der Waals surface area contributed by atoms with Crippen molar-refractivity contribution in [2.45, 2.75) is 45.3 Å². The largest absolute Gasteiger partial charge is 0.490 e. The van der Waals surface area contributed by atoms with Crippen LogP contribution in [0.5, 0.6) is 0 Å². The Morgan fingerprint density at radius 3 is 2.43 bits per heavy atom. The summed E-state index contributed by atoms with van der Waals surface area (Å²) in [5.74, 6) is -0.0951. The second kappa shape index (κ2) is 5.72. The SMILES string of the molecule is CC1(C)OB(C2=CCN(C(=O)c3cnccn3)CC2)OC1(C)C. The Morgan fingerprint density at radius 1 is 1.22 bits per heavy atom. The normalized spacial score (nSPS) is 22.9. The average molecular weight is 315 g/mol. The van der Waals surface area contributed by atoms with E-state index in [-0.39, 0.29) is 24.2 Å². The molecule has 0 N–H and O–H groups in total. The van der Waals surface area contributed by atoms with E-state index < -0.39 is 0 Å². The van der Waals surface area contributed by atoms with Gasteiger partial charge in [0.1, 0.15) is 5.69 Å². The molecule has 3 heterocycles. The van der Waals surface area contributed by atoms with Crippen molar-refractivity contribution < 1.29 is 14.1 Å². The molecular formula is C16H22BN3O3. The van der Waals surface area contributed by atoms with Crippen LogP contribution in [0.4, 0.5) is 0 Å². The van der Waals surface area contributed by atoms with Gasteiger partial charge in [-0.05, 0) is 39.6 Å². The molecule has 0 bridgehead atoms. The molecule has 23 heavy (non-hydrogen) atoms. The molecule has 3 rings (SSSR count). The molecule has 0 aromatic carbocycles. The number of carbonyl (C=O) groups excluding carboxylic acids is 1. The lowest BCUT2D eigenvalue weighted by Gasteiger charge is -2.32. The highest BCUT2D eigenvalue weighted by Crippen LogP contribution is 2.39. The Hall–Kier alpha value is -1.73. The molecule has 1 aromatic rings. The molecule has 6 nitrogen and oxygen atoms in total. The van der Waals surface area contributed by atoms with Crippen molar-refractivity contribution in [2.75, 3.05) is 13.1 Å². The third kappa shape index (κ3) is 3.03. The molecular weight excluding hydrogens is 293 g/mol. The Balaban J connectivity index is 1.67. The van der Waals surface area contributed by atoms with Gasteiger partial charge < -0.3 is 14.2 Å². The zero-order valence-electron chi connectivity index (χ0n) is 14.1. The number of carbonyl (C=O) groups is 1. The van der Waals surface area contributed by atoms with E-state index in [4.69, 9.17) is 9.31 Å². The molecule has 0 radical (unpaired) electrons. The second-order valence-corrected chi connectivity index (χ2v) is 6.96. The summed E-state index contributed by atoms with van der Waals surface area (Å²) >= 11 is 0. The van der Waals surface area contributed by atoms with E-state index in [9.17, 15) is 4.79 Å². The third-order valence-corrected chi connectivity index (χ3v) is 4.87. The van der Waals surface area contributed by atoms with Gasteiger partial charge in [0.2, 0.25) is 0 Å². The standard InChI is InChI=1S/C16H22BN3O3/c1-15(2)16(3,4)23-17(22-15)12-5-9-20(10-6-12)14(21)13-11-18-7-8-19-13/h5,7-8,11H,6,9-10H2,1-4H3. The zero-order chi connectivity index (χ0) is 16.7. The van der Waals surface area contributed by atoms with Crippen molar-refractivity contribution in [2.24, 2.45) is 0 Å². The second-order valence-electron chi connectivity index (χ2n) is 6.96. The van der Waals surface area contributed by atoms with Gasteiger partial charge in [0.25, 0.3) is 5.91 Å². The minimum absolute atomic E-state index is 0.0951. The summed E-state index contributed by atoms with van der Waals surface area (Å²) in [6.07, 6.45) is 7.35. The zero-order valence-corrected chi connectivity index (χ0v) is 14.1. The summed E-state index contributed by atoms with van der Waals surface area (Å²) in [5.41, 5.74) is 0.794. The molecule has 0 saturated carbocycles. The van der Waals surface area contributed by atoms with Crippen molar-refractivity contribution in [3.05, 3.63) is 35.8 Å². The quantitative estimate of drug-likeness (QED) is 0.780. The van der Waals surface area contributed by atoms with Crippen LogP contribution in [0.1, 0.15) is 44.6 Å². The number of hydrogen-bond donors (Lipinski definition) is 0. The fourth-order valence-corrected chi connectivity index (χ4v) is 2.65. The molecule has 2 aliphatic rings. The van der Waals surface area contributed by atoms with Crippen LogP contribution in [0.3, 0.4) is 0 Å². The first kappa shape index (κ1) is 16.1. The van der Waals surface area contributed by atoms with Crippen LogP contribution in [0.2, 0.25) is 0 Å². The van der Waals surface area contributed by atoms with Crippen LogP contribution >= 0.6 is 0 Å². The number of aromatic nitrogens is 2. The van der Waals surface area contributed by atoms with Crippen LogP contribution in [0, 0.1) is 0 Å². The molecule has 0 atom stereocenters. The maximum Gasteiger partial charge on any atom is 0.490 e. The molecule has 0 spiro atoms. The maximum absolute atomic E-state index is 12.4. The average Bonchev–Trinajstić information content (AvgIpc) is 2.76. The van der Waals surface area contributed by atoms with Crippen molar-refractivity contribution in [1.82, 2.24) is 14.9 Å². The minimum Gasteiger partial charge on any atom is -0.400 e. The summed E-state index contributed by atoms with van der Waals surface area (Å²) in [5, 5.41) is 0. The topological polar surface area (TPSA) is 64.5 Å². The number of hydrogen-bond acceptors (Lipinski definition) is 5. The first-order valence-electron chi connectivity index (χ1n) is 7.90. The number of rotatable bonds is 2. The van der Waals surface area contributed by atoms with E-state index in [1.54, 1.807) is 11.1 Å². The summed E-state index contributed by atoms with van der Waals surface area (Å²) in [4.78, 5) is 22.1. The van der Waals surface area contributed by atoms with Gasteiger partial charge in [-0.15, -0.1) is 0 Å². The summed E-state index contributed by atoms with van der Waals surface area (Å²) in [7, 11) is -0.325. The Kier molecular flexibility index (Phi) is 4.02. The van der Waals surface area contributed by atoms with Gasteiger partial charge in [-0.25, -0.2) is 4.98 Å². The van der Waals surface area contributed by atoms with Gasteiger partial charge in [0, 0.05) is 25.5 Å². The Bertz CT molecular complexity index is 615. The summed E-state index contributed by atoms with van der Waals surface area (Å²) in [6, 6.07) is 0. The van der Waals surface area contributed by atoms with Crippen LogP contribution in [0.25, 0.3) is 0 Å². The van der Waals surface area contributed by atoms with Crippen molar-refractivity contribution in [1.29, 1.82) is 0 Å². The fourth-order valence-electron chi connectivity index (χ4n) is 2.65. The fraction of sp³-hybridized carbons (Fsp3) is 0.562. The lowest BCUT2D eigenvalue weighted by molar-refractivity contribution is 0.00578. The van der Waals surface area contributed by atoms with Gasteiger partial charge in [-0.3, -0.25) is 9.78 Å². The maximum atomic E-state index is 12.4. The molecule has 1 saturated heterocycles. The molecule has 0 unspecified atom stereocenters. The summed E-state index contributed by atoms with van der Waals surface area (Å²) in [6.45, 7) is 9.33. The van der Waals surface area contributed by atoms with Gasteiger partial charge in [-0.1, -0.05) is 6.08 Å². The van der Waals surface area contributed by atoms with E-state index in [0.29, 0.717) is 18.8 Å². The predicted octanol–water partition coefficient (Wildman–Crippen LogP) is 1.88. The number of nitrogens with zero attached hydrogens (tertiary/aromatic N) is 3. The third-order valence-electron chi connectivity index (χ3n) is 4.87.